The number of amides is 3. The fourth-order valence-corrected chi connectivity index (χ4v) is 4.87. The zero-order valence-electron chi connectivity index (χ0n) is 22.6. The van der Waals surface area contributed by atoms with Gasteiger partial charge < -0.3 is 25.1 Å². The second-order valence-corrected chi connectivity index (χ2v) is 10.3. The number of carbonyl (C=O) groups is 4. The van der Waals surface area contributed by atoms with Gasteiger partial charge in [-0.15, -0.1) is 0 Å². The molecule has 2 atom stereocenters. The monoisotopic (exact) mass is 546 g/mol. The van der Waals surface area contributed by atoms with Crippen molar-refractivity contribution in [2.75, 3.05) is 11.4 Å². The predicted octanol–water partition coefficient (Wildman–Crippen LogP) is 4.25. The van der Waals surface area contributed by atoms with Crippen LogP contribution in [-0.2, 0) is 17.6 Å². The first kappa shape index (κ1) is 28.5. The van der Waals surface area contributed by atoms with Gasteiger partial charge >= 0.3 is 6.09 Å². The van der Waals surface area contributed by atoms with Crippen LogP contribution >= 0.6 is 0 Å². The number of Topliss-reactive ketones (excluding diaryl/α,β-unsaturated/α-hetero) is 1. The van der Waals surface area contributed by atoms with Crippen LogP contribution in [0.4, 0.5) is 10.5 Å². The first-order valence-electron chi connectivity index (χ1n) is 13.5. The van der Waals surface area contributed by atoms with Gasteiger partial charge in [0.2, 0.25) is 11.7 Å². The van der Waals surface area contributed by atoms with E-state index in [0.717, 1.165) is 35.9 Å². The normalized spacial score (nSPS) is 14.2. The van der Waals surface area contributed by atoms with E-state index in [1.54, 1.807) is 4.90 Å². The zero-order valence-corrected chi connectivity index (χ0v) is 22.6. The smallest absolute Gasteiger partial charge is 0.405 e. The van der Waals surface area contributed by atoms with Gasteiger partial charge in [0.15, 0.2) is 5.69 Å². The van der Waals surface area contributed by atoms with E-state index >= 15 is 0 Å². The molecule has 2 unspecified atom stereocenters. The van der Waals surface area contributed by atoms with Gasteiger partial charge in [-0.05, 0) is 55.2 Å². The third-order valence-corrected chi connectivity index (χ3v) is 6.81. The zero-order chi connectivity index (χ0) is 28.6. The number of carbonyl (C=O) groups excluding carboxylic acids is 3. The van der Waals surface area contributed by atoms with Gasteiger partial charge in [-0.1, -0.05) is 62.4 Å². The lowest BCUT2D eigenvalue weighted by Crippen LogP contribution is -2.52. The number of carboxylic acid groups (broad SMARTS) is 1. The fraction of sp³-hybridized carbons (Fsp3) is 0.367. The SMILES string of the molecule is CC(C)CC(NC(=O)O)C(=O)NC(CCc1ccccc1)C(=O)c1nc(C(=O)N2CCCc3ccccc32)co1. The van der Waals surface area contributed by atoms with Crippen molar-refractivity contribution < 1.29 is 28.7 Å². The highest BCUT2D eigenvalue weighted by atomic mass is 16.4. The Labute approximate surface area is 232 Å². The molecule has 1 aromatic heterocycles. The number of aromatic nitrogens is 1. The molecule has 0 bridgehead atoms. The molecule has 0 saturated carbocycles. The van der Waals surface area contributed by atoms with Crippen molar-refractivity contribution in [3.8, 4) is 0 Å². The molecule has 40 heavy (non-hydrogen) atoms. The van der Waals surface area contributed by atoms with Crippen LogP contribution in [0.5, 0.6) is 0 Å². The average molecular weight is 547 g/mol. The Bertz CT molecular complexity index is 1350. The van der Waals surface area contributed by atoms with Gasteiger partial charge in [-0.3, -0.25) is 14.4 Å². The first-order valence-corrected chi connectivity index (χ1v) is 13.5. The summed E-state index contributed by atoms with van der Waals surface area (Å²) in [5.41, 5.74) is 2.84. The van der Waals surface area contributed by atoms with Gasteiger partial charge in [0.25, 0.3) is 11.8 Å². The van der Waals surface area contributed by atoms with Crippen LogP contribution in [0.2, 0.25) is 0 Å². The van der Waals surface area contributed by atoms with Crippen LogP contribution in [0.15, 0.2) is 65.3 Å². The molecule has 0 fully saturated rings. The van der Waals surface area contributed by atoms with Crippen molar-refractivity contribution in [3.05, 3.63) is 83.6 Å². The summed E-state index contributed by atoms with van der Waals surface area (Å²) in [4.78, 5) is 57.1. The Hall–Kier alpha value is -4.47. The lowest BCUT2D eigenvalue weighted by atomic mass is 9.99. The number of nitrogens with zero attached hydrogens (tertiary/aromatic N) is 2. The van der Waals surface area contributed by atoms with E-state index in [9.17, 15) is 24.3 Å². The standard InChI is InChI=1S/C30H34N4O6/c1-19(2)17-23(33-30(38)39)27(36)31-22(15-14-20-9-4-3-5-10-20)26(35)28-32-24(18-40-28)29(37)34-16-8-12-21-11-6-7-13-25(21)34/h3-7,9-11,13,18-19,22-23,33H,8,12,14-17H2,1-2H3,(H,31,36)(H,38,39). The maximum absolute atomic E-state index is 13.5. The van der Waals surface area contributed by atoms with Crippen molar-refractivity contribution in [2.45, 2.75) is 58.0 Å². The second kappa shape index (κ2) is 13.1. The van der Waals surface area contributed by atoms with E-state index in [2.05, 4.69) is 15.6 Å². The van der Waals surface area contributed by atoms with Crippen molar-refractivity contribution in [1.82, 2.24) is 15.6 Å². The highest BCUT2D eigenvalue weighted by Crippen LogP contribution is 2.28. The molecule has 2 heterocycles. The van der Waals surface area contributed by atoms with Crippen LogP contribution in [0.1, 0.15) is 65.4 Å². The molecule has 3 amide bonds. The van der Waals surface area contributed by atoms with Crippen molar-refractivity contribution in [3.63, 3.8) is 0 Å². The molecule has 2 aromatic carbocycles. The summed E-state index contributed by atoms with van der Waals surface area (Å²) in [7, 11) is 0. The van der Waals surface area contributed by atoms with E-state index in [-0.39, 0.29) is 36.3 Å². The van der Waals surface area contributed by atoms with Crippen LogP contribution in [0, 0.1) is 5.92 Å². The Kier molecular flexibility index (Phi) is 9.31. The quantitative estimate of drug-likeness (QED) is 0.305. The lowest BCUT2D eigenvalue weighted by molar-refractivity contribution is -0.124. The van der Waals surface area contributed by atoms with Crippen molar-refractivity contribution in [1.29, 1.82) is 0 Å². The number of rotatable bonds is 11. The summed E-state index contributed by atoms with van der Waals surface area (Å²) in [6.45, 7) is 4.26. The van der Waals surface area contributed by atoms with Gasteiger partial charge in [0.05, 0.1) is 6.04 Å². The number of fused-ring (bicyclic) bond motifs is 1. The molecular formula is C30H34N4O6. The summed E-state index contributed by atoms with van der Waals surface area (Å²) in [5.74, 6) is -1.85. The van der Waals surface area contributed by atoms with Crippen molar-refractivity contribution >= 4 is 29.4 Å². The topological polar surface area (TPSA) is 142 Å². The molecule has 0 radical (unpaired) electrons. The molecule has 1 aliphatic rings. The number of hydrogen-bond donors (Lipinski definition) is 3. The minimum atomic E-state index is -1.33. The number of oxazole rings is 1. The molecular weight excluding hydrogens is 512 g/mol. The highest BCUT2D eigenvalue weighted by Gasteiger charge is 2.32. The Morgan fingerprint density at radius 2 is 1.73 bits per heavy atom. The van der Waals surface area contributed by atoms with Crippen molar-refractivity contribution in [2.24, 2.45) is 5.92 Å². The molecule has 1 aliphatic heterocycles. The average Bonchev–Trinajstić information content (AvgIpc) is 3.44. The van der Waals surface area contributed by atoms with Gasteiger partial charge in [0, 0.05) is 12.2 Å². The van der Waals surface area contributed by atoms with Crippen LogP contribution in [-0.4, -0.2) is 52.4 Å². The molecule has 0 aliphatic carbocycles. The fourth-order valence-electron chi connectivity index (χ4n) is 4.87. The summed E-state index contributed by atoms with van der Waals surface area (Å²) >= 11 is 0. The maximum atomic E-state index is 13.5. The van der Waals surface area contributed by atoms with Crippen LogP contribution < -0.4 is 15.5 Å². The maximum Gasteiger partial charge on any atom is 0.405 e. The Morgan fingerprint density at radius 3 is 2.45 bits per heavy atom. The lowest BCUT2D eigenvalue weighted by Gasteiger charge is -2.28. The second-order valence-electron chi connectivity index (χ2n) is 10.3. The summed E-state index contributed by atoms with van der Waals surface area (Å²) in [6.07, 6.45) is 2.46. The molecule has 10 nitrogen and oxygen atoms in total. The number of para-hydroxylation sites is 1. The summed E-state index contributed by atoms with van der Waals surface area (Å²) in [5, 5.41) is 14.2. The number of aryl methyl sites for hydroxylation is 2. The van der Waals surface area contributed by atoms with Crippen LogP contribution in [0.25, 0.3) is 0 Å². The number of nitrogens with one attached hydrogen (secondary N) is 2. The number of anilines is 1. The molecule has 3 aromatic rings. The molecule has 0 spiro atoms. The number of hydrogen-bond acceptors (Lipinski definition) is 6. The Morgan fingerprint density at radius 1 is 1.00 bits per heavy atom. The number of ketones is 1. The predicted molar refractivity (Wildman–Crippen MR) is 148 cm³/mol. The molecule has 210 valence electrons. The van der Waals surface area contributed by atoms with Crippen LogP contribution in [0.3, 0.4) is 0 Å². The first-order chi connectivity index (χ1) is 19.2. The molecule has 10 heteroatoms. The van der Waals surface area contributed by atoms with Gasteiger partial charge in [-0.25, -0.2) is 9.78 Å². The van der Waals surface area contributed by atoms with Gasteiger partial charge in [0.1, 0.15) is 12.3 Å². The van der Waals surface area contributed by atoms with E-state index in [1.165, 1.54) is 0 Å². The third kappa shape index (κ3) is 7.13. The summed E-state index contributed by atoms with van der Waals surface area (Å²) in [6, 6.07) is 15.1. The number of benzene rings is 2. The van der Waals surface area contributed by atoms with E-state index in [1.807, 2.05) is 68.4 Å². The largest absolute Gasteiger partial charge is 0.465 e. The summed E-state index contributed by atoms with van der Waals surface area (Å²) < 4.78 is 5.46. The molecule has 3 N–H and O–H groups in total. The minimum absolute atomic E-state index is 0.00147. The van der Waals surface area contributed by atoms with Gasteiger partial charge in [-0.2, -0.15) is 0 Å². The molecule has 4 rings (SSSR count). The molecule has 0 saturated heterocycles. The Balaban J connectivity index is 1.54. The van der Waals surface area contributed by atoms with E-state index < -0.39 is 29.9 Å². The third-order valence-electron chi connectivity index (χ3n) is 6.81. The minimum Gasteiger partial charge on any atom is -0.465 e. The highest BCUT2D eigenvalue weighted by molar-refractivity contribution is 6.06. The van der Waals surface area contributed by atoms with E-state index in [0.29, 0.717) is 13.0 Å². The van der Waals surface area contributed by atoms with E-state index in [4.69, 9.17) is 4.42 Å².